The summed E-state index contributed by atoms with van der Waals surface area (Å²) < 4.78 is 0. The lowest BCUT2D eigenvalue weighted by atomic mass is 10.2. The van der Waals surface area contributed by atoms with Gasteiger partial charge in [0.1, 0.15) is 5.01 Å². The zero-order valence-electron chi connectivity index (χ0n) is 12.1. The van der Waals surface area contributed by atoms with Gasteiger partial charge in [0.2, 0.25) is 5.91 Å². The minimum absolute atomic E-state index is 0.00445. The molecule has 0 saturated heterocycles. The van der Waals surface area contributed by atoms with Gasteiger partial charge in [-0.3, -0.25) is 4.79 Å². The summed E-state index contributed by atoms with van der Waals surface area (Å²) in [6, 6.07) is 7.54. The van der Waals surface area contributed by atoms with Crippen LogP contribution in [0.4, 0.5) is 0 Å². The molecule has 1 aromatic heterocycles. The van der Waals surface area contributed by atoms with Crippen LogP contribution in [0.15, 0.2) is 29.6 Å². The first-order valence-corrected chi connectivity index (χ1v) is 7.92. The summed E-state index contributed by atoms with van der Waals surface area (Å²) in [5.74, 6) is 0.00445. The van der Waals surface area contributed by atoms with Crippen molar-refractivity contribution in [3.63, 3.8) is 0 Å². The van der Waals surface area contributed by atoms with Gasteiger partial charge in [-0.1, -0.05) is 23.7 Å². The van der Waals surface area contributed by atoms with Gasteiger partial charge in [-0.25, -0.2) is 4.98 Å². The van der Waals surface area contributed by atoms with Crippen LogP contribution < -0.4 is 5.32 Å². The first kappa shape index (κ1) is 15.9. The van der Waals surface area contributed by atoms with Crippen LogP contribution >= 0.6 is 22.9 Å². The Morgan fingerprint density at radius 1 is 1.33 bits per heavy atom. The van der Waals surface area contributed by atoms with Crippen molar-refractivity contribution in [2.45, 2.75) is 6.42 Å². The number of rotatable bonds is 6. The highest BCUT2D eigenvalue weighted by Gasteiger charge is 2.09. The van der Waals surface area contributed by atoms with Crippen molar-refractivity contribution in [1.82, 2.24) is 15.2 Å². The topological polar surface area (TPSA) is 45.2 Å². The van der Waals surface area contributed by atoms with Crippen LogP contribution in [0.3, 0.4) is 0 Å². The SMILES string of the molecule is CN(C)CCNC(=O)Cc1csc(-c2ccc(Cl)cc2)n1. The van der Waals surface area contributed by atoms with Crippen molar-refractivity contribution in [3.05, 3.63) is 40.4 Å². The lowest BCUT2D eigenvalue weighted by molar-refractivity contribution is -0.120. The number of carbonyl (C=O) groups excluding carboxylic acids is 1. The fourth-order valence-corrected chi connectivity index (χ4v) is 2.71. The van der Waals surface area contributed by atoms with Gasteiger partial charge < -0.3 is 10.2 Å². The van der Waals surface area contributed by atoms with E-state index >= 15 is 0 Å². The Hall–Kier alpha value is -1.43. The third-order valence-corrected chi connectivity index (χ3v) is 4.06. The minimum Gasteiger partial charge on any atom is -0.354 e. The van der Waals surface area contributed by atoms with Gasteiger partial charge in [-0.05, 0) is 26.2 Å². The average Bonchev–Trinajstić information content (AvgIpc) is 2.87. The maximum Gasteiger partial charge on any atom is 0.226 e. The zero-order valence-corrected chi connectivity index (χ0v) is 13.7. The van der Waals surface area contributed by atoms with Crippen LogP contribution in [-0.2, 0) is 11.2 Å². The second-order valence-corrected chi connectivity index (χ2v) is 6.28. The number of hydrogen-bond donors (Lipinski definition) is 1. The number of hydrogen-bond acceptors (Lipinski definition) is 4. The van der Waals surface area contributed by atoms with E-state index in [1.165, 1.54) is 11.3 Å². The molecule has 1 heterocycles. The molecule has 0 aliphatic heterocycles. The molecule has 0 unspecified atom stereocenters. The van der Waals surface area contributed by atoms with Crippen molar-refractivity contribution in [2.75, 3.05) is 27.2 Å². The lowest BCUT2D eigenvalue weighted by Gasteiger charge is -2.09. The van der Waals surface area contributed by atoms with E-state index in [4.69, 9.17) is 11.6 Å². The van der Waals surface area contributed by atoms with E-state index in [1.54, 1.807) is 0 Å². The number of likely N-dealkylation sites (N-methyl/N-ethyl adjacent to an activating group) is 1. The Labute approximate surface area is 133 Å². The Bertz CT molecular complexity index is 595. The molecular weight excluding hydrogens is 306 g/mol. The fraction of sp³-hybridized carbons (Fsp3) is 0.333. The van der Waals surface area contributed by atoms with Crippen molar-refractivity contribution in [3.8, 4) is 10.6 Å². The van der Waals surface area contributed by atoms with Gasteiger partial charge in [-0.2, -0.15) is 0 Å². The Kier molecular flexibility index (Phi) is 5.73. The maximum absolute atomic E-state index is 11.8. The molecule has 2 rings (SSSR count). The van der Waals surface area contributed by atoms with Crippen LogP contribution in [0.2, 0.25) is 5.02 Å². The first-order chi connectivity index (χ1) is 10.0. The van der Waals surface area contributed by atoms with Crippen molar-refractivity contribution >= 4 is 28.8 Å². The second kappa shape index (κ2) is 7.54. The maximum atomic E-state index is 11.8. The monoisotopic (exact) mass is 323 g/mol. The number of carbonyl (C=O) groups is 1. The minimum atomic E-state index is 0.00445. The van der Waals surface area contributed by atoms with Gasteiger partial charge in [-0.15, -0.1) is 11.3 Å². The summed E-state index contributed by atoms with van der Waals surface area (Å²) >= 11 is 7.41. The summed E-state index contributed by atoms with van der Waals surface area (Å²) in [5.41, 5.74) is 1.82. The third-order valence-electron chi connectivity index (χ3n) is 2.87. The van der Waals surface area contributed by atoms with E-state index in [-0.39, 0.29) is 5.91 Å². The van der Waals surface area contributed by atoms with Crippen LogP contribution in [0.5, 0.6) is 0 Å². The lowest BCUT2D eigenvalue weighted by Crippen LogP contribution is -2.32. The molecule has 0 aliphatic rings. The summed E-state index contributed by atoms with van der Waals surface area (Å²) in [6.07, 6.45) is 0.317. The largest absolute Gasteiger partial charge is 0.354 e. The molecule has 0 spiro atoms. The first-order valence-electron chi connectivity index (χ1n) is 6.66. The highest BCUT2D eigenvalue weighted by atomic mass is 35.5. The normalized spacial score (nSPS) is 10.9. The van der Waals surface area contributed by atoms with Crippen molar-refractivity contribution in [1.29, 1.82) is 0 Å². The Balaban J connectivity index is 1.91. The van der Waals surface area contributed by atoms with Gasteiger partial charge in [0.15, 0.2) is 0 Å². The third kappa shape index (κ3) is 5.12. The Morgan fingerprint density at radius 3 is 2.71 bits per heavy atom. The number of halogens is 1. The molecule has 0 bridgehead atoms. The number of aromatic nitrogens is 1. The highest BCUT2D eigenvalue weighted by molar-refractivity contribution is 7.13. The predicted octanol–water partition coefficient (Wildman–Crippen LogP) is 2.68. The Morgan fingerprint density at radius 2 is 2.05 bits per heavy atom. The second-order valence-electron chi connectivity index (χ2n) is 4.98. The molecule has 0 atom stereocenters. The number of nitrogens with zero attached hydrogens (tertiary/aromatic N) is 2. The molecule has 0 fully saturated rings. The molecule has 0 radical (unpaired) electrons. The molecule has 1 aromatic carbocycles. The van der Waals surface area contributed by atoms with Gasteiger partial charge in [0.05, 0.1) is 12.1 Å². The van der Waals surface area contributed by atoms with Gasteiger partial charge >= 0.3 is 0 Å². The van der Waals surface area contributed by atoms with E-state index in [1.807, 2.05) is 48.6 Å². The number of amides is 1. The molecule has 21 heavy (non-hydrogen) atoms. The van der Waals surface area contributed by atoms with E-state index in [2.05, 4.69) is 10.3 Å². The number of thiazole rings is 1. The molecule has 0 saturated carbocycles. The van der Waals surface area contributed by atoms with Crippen molar-refractivity contribution in [2.24, 2.45) is 0 Å². The van der Waals surface area contributed by atoms with Gasteiger partial charge in [0.25, 0.3) is 0 Å². The molecule has 4 nitrogen and oxygen atoms in total. The van der Waals surface area contributed by atoms with E-state index in [9.17, 15) is 4.79 Å². The number of benzene rings is 1. The molecule has 6 heteroatoms. The molecule has 0 aliphatic carbocycles. The van der Waals surface area contributed by atoms with Crippen LogP contribution in [0.1, 0.15) is 5.69 Å². The standard InChI is InChI=1S/C15H18ClN3OS/c1-19(2)8-7-17-14(20)9-13-10-21-15(18-13)11-3-5-12(16)6-4-11/h3-6,10H,7-9H2,1-2H3,(H,17,20). The summed E-state index contributed by atoms with van der Waals surface area (Å²) in [5, 5.41) is 6.42. The van der Waals surface area contributed by atoms with Crippen molar-refractivity contribution < 1.29 is 4.79 Å². The van der Waals surface area contributed by atoms with E-state index in [0.29, 0.717) is 18.0 Å². The predicted molar refractivity (Wildman–Crippen MR) is 87.8 cm³/mol. The molecule has 2 aromatic rings. The smallest absolute Gasteiger partial charge is 0.226 e. The summed E-state index contributed by atoms with van der Waals surface area (Å²) in [7, 11) is 3.95. The average molecular weight is 324 g/mol. The number of nitrogens with one attached hydrogen (secondary N) is 1. The highest BCUT2D eigenvalue weighted by Crippen LogP contribution is 2.25. The summed E-state index contributed by atoms with van der Waals surface area (Å²) in [6.45, 7) is 1.48. The van der Waals surface area contributed by atoms with E-state index in [0.717, 1.165) is 22.8 Å². The molecule has 1 N–H and O–H groups in total. The van der Waals surface area contributed by atoms with Crippen LogP contribution in [0, 0.1) is 0 Å². The quantitative estimate of drug-likeness (QED) is 0.889. The molecule has 112 valence electrons. The van der Waals surface area contributed by atoms with Gasteiger partial charge in [0, 0.05) is 29.1 Å². The van der Waals surface area contributed by atoms with E-state index < -0.39 is 0 Å². The molecule has 1 amide bonds. The molecular formula is C15H18ClN3OS. The fourth-order valence-electron chi connectivity index (χ4n) is 1.76. The zero-order chi connectivity index (χ0) is 15.2. The summed E-state index contributed by atoms with van der Waals surface area (Å²) in [4.78, 5) is 18.3. The van der Waals surface area contributed by atoms with Crippen LogP contribution in [-0.4, -0.2) is 43.0 Å². The van der Waals surface area contributed by atoms with Crippen LogP contribution in [0.25, 0.3) is 10.6 Å².